The second-order valence-corrected chi connectivity index (χ2v) is 7.44. The summed E-state index contributed by atoms with van der Waals surface area (Å²) in [5.74, 6) is 0.451. The number of carbonyl (C=O) groups is 2. The van der Waals surface area contributed by atoms with E-state index >= 15 is 0 Å². The fourth-order valence-electron chi connectivity index (χ4n) is 3.33. The van der Waals surface area contributed by atoms with Crippen LogP contribution < -0.4 is 20.9 Å². The zero-order chi connectivity index (χ0) is 22.7. The highest BCUT2D eigenvalue weighted by Gasteiger charge is 2.20. The number of hydrogen-bond donors (Lipinski definition) is 3. The van der Waals surface area contributed by atoms with E-state index in [2.05, 4.69) is 25.9 Å². The van der Waals surface area contributed by atoms with Gasteiger partial charge in [0.05, 0.1) is 29.7 Å². The maximum Gasteiger partial charge on any atom is 0.414 e. The van der Waals surface area contributed by atoms with E-state index in [4.69, 9.17) is 16.3 Å². The average Bonchev–Trinajstić information content (AvgIpc) is 2.94. The van der Waals surface area contributed by atoms with Crippen LogP contribution >= 0.6 is 11.6 Å². The van der Waals surface area contributed by atoms with E-state index < -0.39 is 0 Å². The number of rotatable bonds is 5. The van der Waals surface area contributed by atoms with Crippen molar-refractivity contribution in [2.24, 2.45) is 0 Å². The number of amides is 2. The predicted molar refractivity (Wildman–Crippen MR) is 123 cm³/mol. The first-order chi connectivity index (χ1) is 15.5. The third-order valence-electron chi connectivity index (χ3n) is 4.96. The molecule has 10 heteroatoms. The van der Waals surface area contributed by atoms with Crippen LogP contribution in [-0.4, -0.2) is 42.7 Å². The molecule has 2 heterocycles. The summed E-state index contributed by atoms with van der Waals surface area (Å²) in [4.78, 5) is 34.2. The van der Waals surface area contributed by atoms with Gasteiger partial charge in [0, 0.05) is 26.2 Å². The largest absolute Gasteiger partial charge is 0.449 e. The van der Waals surface area contributed by atoms with Gasteiger partial charge in [0.15, 0.2) is 5.82 Å². The summed E-state index contributed by atoms with van der Waals surface area (Å²) in [5.41, 5.74) is 3.55. The van der Waals surface area contributed by atoms with Gasteiger partial charge in [-0.2, -0.15) is 4.98 Å². The van der Waals surface area contributed by atoms with Gasteiger partial charge in [0.1, 0.15) is 5.02 Å². The van der Waals surface area contributed by atoms with Crippen molar-refractivity contribution in [3.05, 3.63) is 64.8 Å². The van der Waals surface area contributed by atoms with Gasteiger partial charge in [-0.1, -0.05) is 23.7 Å². The minimum Gasteiger partial charge on any atom is -0.449 e. The van der Waals surface area contributed by atoms with Crippen molar-refractivity contribution < 1.29 is 14.3 Å². The Kier molecular flexibility index (Phi) is 6.09. The molecule has 4 rings (SSSR count). The van der Waals surface area contributed by atoms with E-state index in [1.807, 2.05) is 24.3 Å². The second-order valence-electron chi connectivity index (χ2n) is 7.03. The molecule has 0 saturated heterocycles. The minimum absolute atomic E-state index is 0.228. The Morgan fingerprint density at radius 2 is 2.00 bits per heavy atom. The number of hydrogen-bond acceptors (Lipinski definition) is 7. The lowest BCUT2D eigenvalue weighted by atomic mass is 10.1. The Hall–Kier alpha value is -3.85. The number of fused-ring (bicyclic) bond motifs is 1. The molecule has 0 saturated carbocycles. The molecule has 1 aliphatic heterocycles. The predicted octanol–water partition coefficient (Wildman–Crippen LogP) is 4.11. The van der Waals surface area contributed by atoms with E-state index in [0.717, 1.165) is 16.9 Å². The molecule has 9 nitrogen and oxygen atoms in total. The van der Waals surface area contributed by atoms with Crippen molar-refractivity contribution in [1.29, 1.82) is 0 Å². The monoisotopic (exact) mass is 452 g/mol. The average molecular weight is 453 g/mol. The van der Waals surface area contributed by atoms with Gasteiger partial charge in [-0.25, -0.2) is 9.78 Å². The van der Waals surface area contributed by atoms with E-state index in [-0.39, 0.29) is 12.0 Å². The van der Waals surface area contributed by atoms with Gasteiger partial charge in [0.25, 0.3) is 5.91 Å². The van der Waals surface area contributed by atoms with Crippen molar-refractivity contribution in [2.45, 2.75) is 6.42 Å². The first-order valence-corrected chi connectivity index (χ1v) is 10.2. The summed E-state index contributed by atoms with van der Waals surface area (Å²) < 4.78 is 5.17. The fourth-order valence-corrected chi connectivity index (χ4v) is 3.47. The number of carbonyl (C=O) groups excluding carboxylic acids is 2. The third-order valence-corrected chi connectivity index (χ3v) is 5.24. The van der Waals surface area contributed by atoms with E-state index in [1.54, 1.807) is 32.3 Å². The number of nitrogens with zero attached hydrogens (tertiary/aromatic N) is 3. The van der Waals surface area contributed by atoms with Gasteiger partial charge >= 0.3 is 6.09 Å². The van der Waals surface area contributed by atoms with Crippen LogP contribution in [0.3, 0.4) is 0 Å². The van der Waals surface area contributed by atoms with Crippen LogP contribution in [0.4, 0.5) is 33.6 Å². The van der Waals surface area contributed by atoms with Gasteiger partial charge in [-0.05, 0) is 35.9 Å². The number of nitrogens with one attached hydrogen (secondary N) is 3. The third kappa shape index (κ3) is 4.42. The molecule has 2 aromatic carbocycles. The number of benzene rings is 2. The number of halogens is 1. The zero-order valence-electron chi connectivity index (χ0n) is 17.5. The Balaban J connectivity index is 1.59. The summed E-state index contributed by atoms with van der Waals surface area (Å²) in [6.07, 6.45) is 1.70. The SMILES string of the molecule is CNC(=O)c1ccccc1Nc1nc(Nc2ccc3c(c2)CCOC(=O)N3C)ncc1Cl. The van der Waals surface area contributed by atoms with Crippen LogP contribution in [0.2, 0.25) is 5.02 Å². The molecule has 164 valence electrons. The molecule has 0 fully saturated rings. The topological polar surface area (TPSA) is 108 Å². The normalized spacial score (nSPS) is 13.0. The molecular weight excluding hydrogens is 432 g/mol. The van der Waals surface area contributed by atoms with Crippen LogP contribution in [0.15, 0.2) is 48.7 Å². The molecule has 0 radical (unpaired) electrons. The molecule has 1 aromatic heterocycles. The highest BCUT2D eigenvalue weighted by Crippen LogP contribution is 2.30. The molecular formula is C22H21ClN6O3. The van der Waals surface area contributed by atoms with Crippen molar-refractivity contribution in [2.75, 3.05) is 36.2 Å². The molecule has 0 atom stereocenters. The highest BCUT2D eigenvalue weighted by molar-refractivity contribution is 6.33. The van der Waals surface area contributed by atoms with E-state index in [9.17, 15) is 9.59 Å². The molecule has 32 heavy (non-hydrogen) atoms. The lowest BCUT2D eigenvalue weighted by molar-refractivity contribution is 0.0964. The summed E-state index contributed by atoms with van der Waals surface area (Å²) in [6, 6.07) is 12.7. The van der Waals surface area contributed by atoms with Gasteiger partial charge in [-0.15, -0.1) is 0 Å². The Morgan fingerprint density at radius 1 is 1.19 bits per heavy atom. The summed E-state index contributed by atoms with van der Waals surface area (Å²) >= 11 is 6.29. The molecule has 3 aromatic rings. The number of cyclic esters (lactones) is 1. The maximum absolute atomic E-state index is 12.1. The molecule has 2 amide bonds. The lowest BCUT2D eigenvalue weighted by Gasteiger charge is -2.17. The van der Waals surface area contributed by atoms with Crippen molar-refractivity contribution >= 4 is 52.4 Å². The number of anilines is 5. The number of para-hydroxylation sites is 1. The molecule has 0 unspecified atom stereocenters. The highest BCUT2D eigenvalue weighted by atomic mass is 35.5. The van der Waals surface area contributed by atoms with Gasteiger partial charge in [-0.3, -0.25) is 9.69 Å². The van der Waals surface area contributed by atoms with Gasteiger partial charge in [0.2, 0.25) is 5.95 Å². The quantitative estimate of drug-likeness (QED) is 0.534. The van der Waals surface area contributed by atoms with Crippen molar-refractivity contribution in [3.63, 3.8) is 0 Å². The smallest absolute Gasteiger partial charge is 0.414 e. The van der Waals surface area contributed by atoms with Crippen LogP contribution in [0.25, 0.3) is 0 Å². The van der Waals surface area contributed by atoms with Crippen LogP contribution in [0.5, 0.6) is 0 Å². The standard InChI is InChI=1S/C22H21ClN6O3/c1-24-20(30)15-5-3-4-6-17(15)27-19-16(23)12-25-21(28-19)26-14-7-8-18-13(11-14)9-10-32-22(31)29(18)2/h3-8,11-12H,9-10H2,1-2H3,(H,24,30)(H2,25,26,27,28). The van der Waals surface area contributed by atoms with Crippen molar-refractivity contribution in [3.8, 4) is 0 Å². The molecule has 0 spiro atoms. The Labute approximate surface area is 189 Å². The first kappa shape index (κ1) is 21.4. The molecule has 3 N–H and O–H groups in total. The van der Waals surface area contributed by atoms with E-state index in [1.165, 1.54) is 11.1 Å². The summed E-state index contributed by atoms with van der Waals surface area (Å²) in [7, 11) is 3.25. The lowest BCUT2D eigenvalue weighted by Crippen LogP contribution is -2.25. The zero-order valence-corrected chi connectivity index (χ0v) is 18.2. The number of ether oxygens (including phenoxy) is 1. The van der Waals surface area contributed by atoms with Crippen LogP contribution in [0.1, 0.15) is 15.9 Å². The number of aromatic nitrogens is 2. The van der Waals surface area contributed by atoms with E-state index in [0.29, 0.717) is 41.1 Å². The fraction of sp³-hybridized carbons (Fsp3) is 0.182. The Bertz CT molecular complexity index is 1190. The minimum atomic E-state index is -0.377. The summed E-state index contributed by atoms with van der Waals surface area (Å²) in [5, 5.41) is 9.18. The van der Waals surface area contributed by atoms with Crippen LogP contribution in [-0.2, 0) is 11.2 Å². The van der Waals surface area contributed by atoms with Crippen LogP contribution in [0, 0.1) is 0 Å². The maximum atomic E-state index is 12.1. The second kappa shape index (κ2) is 9.11. The summed E-state index contributed by atoms with van der Waals surface area (Å²) in [6.45, 7) is 0.315. The Morgan fingerprint density at radius 3 is 2.81 bits per heavy atom. The molecule has 0 bridgehead atoms. The molecule has 1 aliphatic rings. The van der Waals surface area contributed by atoms with Crippen molar-refractivity contribution in [1.82, 2.24) is 15.3 Å². The van der Waals surface area contributed by atoms with Gasteiger partial charge < -0.3 is 20.7 Å². The first-order valence-electron chi connectivity index (χ1n) is 9.87. The molecule has 0 aliphatic carbocycles.